The highest BCUT2D eigenvalue weighted by Gasteiger charge is 2.61. The molecule has 0 amide bonds. The molecule has 4 aliphatic carbocycles. The number of rotatable bonds is 5. The molecule has 0 unspecified atom stereocenters. The lowest BCUT2D eigenvalue weighted by atomic mass is 9.45. The van der Waals surface area contributed by atoms with Gasteiger partial charge in [0.2, 0.25) is 0 Å². The van der Waals surface area contributed by atoms with E-state index in [4.69, 9.17) is 0 Å². The highest BCUT2D eigenvalue weighted by Crippen LogP contribution is 2.68. The zero-order valence-electron chi connectivity index (χ0n) is 21.1. The highest BCUT2D eigenvalue weighted by atomic mass is 16.1. The second-order valence-corrected chi connectivity index (χ2v) is 11.8. The largest absolute Gasteiger partial charge is 0.371 e. The maximum atomic E-state index is 12.6. The van der Waals surface area contributed by atoms with E-state index in [1.165, 1.54) is 23.3 Å². The molecule has 1 aromatic rings. The van der Waals surface area contributed by atoms with Gasteiger partial charge >= 0.3 is 0 Å². The van der Waals surface area contributed by atoms with Crippen LogP contribution in [0.15, 0.2) is 60.2 Å². The first kappa shape index (κ1) is 23.4. The molecule has 3 heteroatoms. The molecule has 7 atom stereocenters. The molecule has 180 valence electrons. The number of nitrogens with zero attached hydrogens (tertiary/aromatic N) is 1. The number of benzene rings is 1. The number of ketones is 1. The lowest BCUT2D eigenvalue weighted by molar-refractivity contribution is -0.118. The van der Waals surface area contributed by atoms with Crippen LogP contribution in [0.4, 0.5) is 5.69 Å². The first-order valence-corrected chi connectivity index (χ1v) is 13.3. The van der Waals surface area contributed by atoms with Crippen LogP contribution in [-0.2, 0) is 9.59 Å². The summed E-state index contributed by atoms with van der Waals surface area (Å²) in [5, 5.41) is 0. The Morgan fingerprint density at radius 3 is 2.65 bits per heavy atom. The van der Waals surface area contributed by atoms with Crippen LogP contribution in [0.1, 0.15) is 59.3 Å². The molecule has 0 heterocycles. The van der Waals surface area contributed by atoms with Gasteiger partial charge in [-0.05, 0) is 91.7 Å². The molecule has 3 fully saturated rings. The average Bonchev–Trinajstić information content (AvgIpc) is 3.09. The smallest absolute Gasteiger partial charge is 0.155 e. The normalized spacial score (nSPS) is 38.8. The van der Waals surface area contributed by atoms with Gasteiger partial charge in [-0.15, -0.1) is 0 Å². The molecule has 0 aliphatic heterocycles. The highest BCUT2D eigenvalue weighted by molar-refractivity contribution is 5.91. The summed E-state index contributed by atoms with van der Waals surface area (Å²) in [6, 6.07) is 10.7. The Hall–Kier alpha value is -2.38. The Balaban J connectivity index is 1.53. The van der Waals surface area contributed by atoms with Crippen molar-refractivity contribution in [3.8, 4) is 0 Å². The van der Waals surface area contributed by atoms with Gasteiger partial charge in [-0.25, -0.2) is 4.79 Å². The number of carbonyl (C=O) groups is 1. The Bertz CT molecular complexity index is 1050. The standard InChI is InChI=1S/C31H39NO2/c1-5-32(23-9-7-6-8-10-23)20-22-18-25-27(31(4)14-11-24(34)19-28(22)31)12-15-30(3)26(13-16-33)21(2)17-29(25)30/h6-10,13,19,22,25-27,29H,2,5,11-12,14-15,17-18,20H2,1,3-4H3/t22-,25+,26+,27-,29-,30+,31+/m0/s1. The Morgan fingerprint density at radius 2 is 1.94 bits per heavy atom. The SMILES string of the molecule is C=C1C[C@H]2[C@@H]3C[C@@H](CN(CC)c4ccccc4)C4=CC(=O)CC[C@]4(C)[C@H]3CC[C@]2(C)[C@@H]1C=C=O. The van der Waals surface area contributed by atoms with Crippen molar-refractivity contribution in [1.29, 1.82) is 0 Å². The van der Waals surface area contributed by atoms with Crippen LogP contribution < -0.4 is 4.90 Å². The van der Waals surface area contributed by atoms with Crippen molar-refractivity contribution >= 4 is 17.4 Å². The minimum Gasteiger partial charge on any atom is -0.371 e. The molecule has 0 aromatic heterocycles. The Kier molecular flexibility index (Phi) is 5.97. The van der Waals surface area contributed by atoms with Gasteiger partial charge in [0, 0.05) is 37.2 Å². The fraction of sp³-hybridized carbons (Fsp3) is 0.581. The molecular formula is C31H39NO2. The topological polar surface area (TPSA) is 37.4 Å². The van der Waals surface area contributed by atoms with Crippen LogP contribution in [0.2, 0.25) is 0 Å². The van der Waals surface area contributed by atoms with E-state index in [0.29, 0.717) is 35.9 Å². The van der Waals surface area contributed by atoms with Crippen molar-refractivity contribution in [3.05, 3.63) is 60.2 Å². The molecule has 3 nitrogen and oxygen atoms in total. The molecule has 4 aliphatic rings. The third-order valence-electron chi connectivity index (χ3n) is 10.4. The van der Waals surface area contributed by atoms with Crippen LogP contribution in [0, 0.1) is 40.4 Å². The minimum atomic E-state index is 0.0961. The second kappa shape index (κ2) is 8.68. The van der Waals surface area contributed by atoms with E-state index in [2.05, 4.69) is 68.5 Å². The van der Waals surface area contributed by atoms with Crippen LogP contribution in [0.5, 0.6) is 0 Å². The van der Waals surface area contributed by atoms with Crippen molar-refractivity contribution in [3.63, 3.8) is 0 Å². The molecule has 0 bridgehead atoms. The fourth-order valence-electron chi connectivity index (χ4n) is 8.65. The van der Waals surface area contributed by atoms with Crippen molar-refractivity contribution in [2.24, 2.45) is 40.4 Å². The van der Waals surface area contributed by atoms with Crippen molar-refractivity contribution in [2.75, 3.05) is 18.0 Å². The predicted molar refractivity (Wildman–Crippen MR) is 138 cm³/mol. The minimum absolute atomic E-state index is 0.0961. The third kappa shape index (κ3) is 3.55. The van der Waals surface area contributed by atoms with Crippen LogP contribution in [-0.4, -0.2) is 24.8 Å². The van der Waals surface area contributed by atoms with E-state index in [9.17, 15) is 9.59 Å². The molecule has 34 heavy (non-hydrogen) atoms. The van der Waals surface area contributed by atoms with Crippen LogP contribution in [0.25, 0.3) is 0 Å². The van der Waals surface area contributed by atoms with Gasteiger partial charge < -0.3 is 4.90 Å². The molecule has 0 saturated heterocycles. The van der Waals surface area contributed by atoms with E-state index in [1.807, 2.05) is 6.08 Å². The predicted octanol–water partition coefficient (Wildman–Crippen LogP) is 6.44. The first-order valence-electron chi connectivity index (χ1n) is 13.3. The molecule has 5 rings (SSSR count). The first-order chi connectivity index (χ1) is 16.3. The summed E-state index contributed by atoms with van der Waals surface area (Å²) in [6.45, 7) is 13.4. The molecule has 0 spiro atoms. The molecule has 0 N–H and O–H groups in total. The summed E-state index contributed by atoms with van der Waals surface area (Å²) < 4.78 is 0. The molecule has 1 aromatic carbocycles. The molecule has 0 radical (unpaired) electrons. The van der Waals surface area contributed by atoms with Gasteiger partial charge in [-0.2, -0.15) is 0 Å². The van der Waals surface area contributed by atoms with E-state index in [1.54, 1.807) is 6.08 Å². The van der Waals surface area contributed by atoms with E-state index < -0.39 is 0 Å². The number of allylic oxidation sites excluding steroid dienone is 2. The van der Waals surface area contributed by atoms with Crippen molar-refractivity contribution < 1.29 is 9.59 Å². The molecular weight excluding hydrogens is 418 g/mol. The third-order valence-corrected chi connectivity index (χ3v) is 10.4. The number of hydrogen-bond donors (Lipinski definition) is 0. The van der Waals surface area contributed by atoms with E-state index in [0.717, 1.165) is 38.8 Å². The summed E-state index contributed by atoms with van der Waals surface area (Å²) in [4.78, 5) is 26.5. The van der Waals surface area contributed by atoms with Gasteiger partial charge in [0.05, 0.1) is 0 Å². The summed E-state index contributed by atoms with van der Waals surface area (Å²) in [5.74, 6) is 4.72. The zero-order valence-corrected chi connectivity index (χ0v) is 21.1. The summed E-state index contributed by atoms with van der Waals surface area (Å²) in [6.07, 6.45) is 9.93. The monoisotopic (exact) mass is 457 g/mol. The van der Waals surface area contributed by atoms with Gasteiger partial charge in [0.15, 0.2) is 5.78 Å². The van der Waals surface area contributed by atoms with E-state index >= 15 is 0 Å². The van der Waals surface area contributed by atoms with Gasteiger partial charge in [0.1, 0.15) is 5.94 Å². The lowest BCUT2D eigenvalue weighted by Gasteiger charge is -2.60. The quantitative estimate of drug-likeness (QED) is 0.377. The lowest BCUT2D eigenvalue weighted by Crippen LogP contribution is -2.54. The second-order valence-electron chi connectivity index (χ2n) is 11.8. The van der Waals surface area contributed by atoms with Gasteiger partial charge in [-0.3, -0.25) is 4.79 Å². The summed E-state index contributed by atoms with van der Waals surface area (Å²) >= 11 is 0. The number of carbonyl (C=O) groups excluding carboxylic acids is 2. The van der Waals surface area contributed by atoms with Crippen molar-refractivity contribution in [1.82, 2.24) is 0 Å². The average molecular weight is 458 g/mol. The van der Waals surface area contributed by atoms with Crippen molar-refractivity contribution in [2.45, 2.75) is 59.3 Å². The summed E-state index contributed by atoms with van der Waals surface area (Å²) in [7, 11) is 0. The maximum Gasteiger partial charge on any atom is 0.155 e. The van der Waals surface area contributed by atoms with Crippen LogP contribution >= 0.6 is 0 Å². The number of para-hydroxylation sites is 1. The number of anilines is 1. The Labute approximate surface area is 205 Å². The summed E-state index contributed by atoms with van der Waals surface area (Å²) in [5.41, 5.74) is 4.10. The fourth-order valence-corrected chi connectivity index (χ4v) is 8.65. The number of fused-ring (bicyclic) bond motifs is 5. The van der Waals surface area contributed by atoms with Gasteiger partial charge in [-0.1, -0.05) is 49.8 Å². The molecule has 3 saturated carbocycles. The maximum absolute atomic E-state index is 12.6. The number of hydrogen-bond acceptors (Lipinski definition) is 3. The van der Waals surface area contributed by atoms with Gasteiger partial charge in [0.25, 0.3) is 0 Å². The van der Waals surface area contributed by atoms with E-state index in [-0.39, 0.29) is 16.7 Å². The Morgan fingerprint density at radius 1 is 1.18 bits per heavy atom. The zero-order chi connectivity index (χ0) is 24.1. The van der Waals surface area contributed by atoms with Crippen LogP contribution in [0.3, 0.4) is 0 Å².